The third-order valence-electron chi connectivity index (χ3n) is 3.75. The summed E-state index contributed by atoms with van der Waals surface area (Å²) in [5.41, 5.74) is 10.8. The van der Waals surface area contributed by atoms with Gasteiger partial charge in [-0.25, -0.2) is 9.52 Å². The van der Waals surface area contributed by atoms with Crippen LogP contribution in [0.1, 0.15) is 26.2 Å². The van der Waals surface area contributed by atoms with Gasteiger partial charge in [0.15, 0.2) is 17.3 Å². The summed E-state index contributed by atoms with van der Waals surface area (Å²) in [5.74, 6) is -1.28. The Labute approximate surface area is 154 Å². The number of cyclic esters (lactones) is 1. The first kappa shape index (κ1) is 19.8. The third kappa shape index (κ3) is 5.02. The number of nitrogens with two attached hydrogens (primary N) is 2. The second kappa shape index (κ2) is 8.76. The normalized spacial score (nSPS) is 22.8. The molecule has 11 nitrogen and oxygen atoms in total. The van der Waals surface area contributed by atoms with Crippen LogP contribution in [0.25, 0.3) is 0 Å². The lowest BCUT2D eigenvalue weighted by atomic mass is 10.1. The molecule has 2 aliphatic heterocycles. The van der Waals surface area contributed by atoms with Crippen molar-refractivity contribution >= 4 is 41.5 Å². The van der Waals surface area contributed by atoms with Crippen molar-refractivity contribution in [2.24, 2.45) is 0 Å². The molecule has 2 saturated heterocycles. The van der Waals surface area contributed by atoms with E-state index in [4.69, 9.17) is 11.5 Å². The minimum absolute atomic E-state index is 0.0237. The molecule has 0 spiro atoms. The first-order chi connectivity index (χ1) is 12.3. The lowest BCUT2D eigenvalue weighted by Gasteiger charge is -2.26. The third-order valence-corrected chi connectivity index (χ3v) is 4.55. The molecule has 0 saturated carbocycles. The van der Waals surface area contributed by atoms with Gasteiger partial charge >= 0.3 is 11.9 Å². The number of carbonyl (C=O) groups excluding carboxylic acids is 2. The number of ether oxygens (including phenoxy) is 1. The molecule has 2 aliphatic rings. The van der Waals surface area contributed by atoms with Crippen LogP contribution in [-0.4, -0.2) is 46.7 Å². The number of hydrogen-bond acceptors (Lipinski definition) is 11. The number of carbonyl (C=O) groups is 2. The van der Waals surface area contributed by atoms with Crippen molar-refractivity contribution in [1.82, 2.24) is 9.71 Å². The average molecular weight is 386 g/mol. The zero-order chi connectivity index (χ0) is 19.3. The van der Waals surface area contributed by atoms with Crippen LogP contribution in [0.3, 0.4) is 0 Å². The molecule has 6 N–H and O–H groups in total. The van der Waals surface area contributed by atoms with E-state index in [1.807, 2.05) is 0 Å². The van der Waals surface area contributed by atoms with Gasteiger partial charge in [-0.2, -0.15) is 0 Å². The summed E-state index contributed by atoms with van der Waals surface area (Å²) in [5, 5.41) is 19.5. The Morgan fingerprint density at radius 1 is 1.46 bits per heavy atom. The van der Waals surface area contributed by atoms with Crippen molar-refractivity contribution in [2.75, 3.05) is 29.5 Å². The second-order valence-electron chi connectivity index (χ2n) is 5.75. The lowest BCUT2D eigenvalue weighted by molar-refractivity contribution is -0.883. The molecule has 1 aromatic rings. The van der Waals surface area contributed by atoms with Crippen molar-refractivity contribution < 1.29 is 29.4 Å². The van der Waals surface area contributed by atoms with Crippen LogP contribution >= 0.6 is 11.9 Å². The summed E-state index contributed by atoms with van der Waals surface area (Å²) in [6.07, 6.45) is 3.58. The largest absolute Gasteiger partial charge is 0.548 e. The van der Waals surface area contributed by atoms with Crippen LogP contribution in [0, 0.1) is 0 Å². The summed E-state index contributed by atoms with van der Waals surface area (Å²) in [4.78, 5) is 27.1. The van der Waals surface area contributed by atoms with E-state index < -0.39 is 18.0 Å². The highest BCUT2D eigenvalue weighted by atomic mass is 32.2. The molecule has 0 radical (unpaired) electrons. The molecule has 26 heavy (non-hydrogen) atoms. The molecule has 0 bridgehead atoms. The fourth-order valence-corrected chi connectivity index (χ4v) is 3.08. The van der Waals surface area contributed by atoms with E-state index in [9.17, 15) is 19.9 Å². The SMILES string of the molecule is CC1OC(=O)C(C(=O)[O-])NS1.Nc1cc(N2CCCCC2)nc(N)[n+]1O. The van der Waals surface area contributed by atoms with Crippen LogP contribution in [0.15, 0.2) is 6.07 Å². The molecule has 0 amide bonds. The summed E-state index contributed by atoms with van der Waals surface area (Å²) >= 11 is 1.04. The van der Waals surface area contributed by atoms with Gasteiger partial charge in [0.2, 0.25) is 5.82 Å². The quantitative estimate of drug-likeness (QED) is 0.146. The Morgan fingerprint density at radius 2 is 2.12 bits per heavy atom. The van der Waals surface area contributed by atoms with E-state index in [2.05, 4.69) is 19.3 Å². The highest BCUT2D eigenvalue weighted by molar-refractivity contribution is 7.98. The predicted molar refractivity (Wildman–Crippen MR) is 91.6 cm³/mol. The fourth-order valence-electron chi connectivity index (χ4n) is 2.42. The number of rotatable bonds is 2. The molecule has 0 aromatic carbocycles. The summed E-state index contributed by atoms with van der Waals surface area (Å²) in [6, 6.07) is 0.304. The van der Waals surface area contributed by atoms with Crippen molar-refractivity contribution in [3.8, 4) is 0 Å². The Morgan fingerprint density at radius 3 is 2.65 bits per heavy atom. The second-order valence-corrected chi connectivity index (χ2v) is 6.88. The molecular formula is C14H22N6O5S. The maximum atomic E-state index is 10.7. The minimum Gasteiger partial charge on any atom is -0.548 e. The highest BCUT2D eigenvalue weighted by Crippen LogP contribution is 2.18. The van der Waals surface area contributed by atoms with Crippen LogP contribution in [-0.2, 0) is 14.3 Å². The van der Waals surface area contributed by atoms with E-state index in [-0.39, 0.29) is 17.2 Å². The van der Waals surface area contributed by atoms with Gasteiger partial charge in [-0.3, -0.25) is 0 Å². The van der Waals surface area contributed by atoms with Crippen molar-refractivity contribution in [3.63, 3.8) is 0 Å². The highest BCUT2D eigenvalue weighted by Gasteiger charge is 2.28. The Balaban J connectivity index is 0.000000197. The summed E-state index contributed by atoms with van der Waals surface area (Å²) in [7, 11) is 0. The Hall–Kier alpha value is -2.47. The summed E-state index contributed by atoms with van der Waals surface area (Å²) < 4.78 is 7.69. The first-order valence-electron chi connectivity index (χ1n) is 8.04. The maximum absolute atomic E-state index is 10.7. The molecule has 2 unspecified atom stereocenters. The molecule has 2 atom stereocenters. The van der Waals surface area contributed by atoms with Gasteiger partial charge in [0.1, 0.15) is 0 Å². The number of nitrogens with one attached hydrogen (secondary N) is 1. The number of carboxylic acids is 1. The first-order valence-corrected chi connectivity index (χ1v) is 8.92. The van der Waals surface area contributed by atoms with Crippen molar-refractivity contribution in [3.05, 3.63) is 6.07 Å². The lowest BCUT2D eigenvalue weighted by Crippen LogP contribution is -2.52. The zero-order valence-corrected chi connectivity index (χ0v) is 15.1. The van der Waals surface area contributed by atoms with E-state index >= 15 is 0 Å². The number of aliphatic carboxylic acids is 1. The van der Waals surface area contributed by atoms with E-state index in [0.717, 1.165) is 43.7 Å². The van der Waals surface area contributed by atoms with Gasteiger partial charge in [0, 0.05) is 13.1 Å². The molecule has 1 aromatic heterocycles. The standard InChI is InChI=1S/C9H15N5O.C5H7NO4S/c10-7-6-8(12-9(11)14(7)15)13-4-2-1-3-5-13;1-2-10-5(9)3(4(7)8)6-11-2/h6,15H,1-5H2,(H3,10,11,12);2-3,6H,1H3,(H,7,8). The maximum Gasteiger partial charge on any atom is 0.383 e. The van der Waals surface area contributed by atoms with Crippen molar-refractivity contribution in [1.29, 1.82) is 0 Å². The monoisotopic (exact) mass is 386 g/mol. The molecule has 0 aliphatic carbocycles. The average Bonchev–Trinajstić information content (AvgIpc) is 2.60. The van der Waals surface area contributed by atoms with Crippen LogP contribution < -0.4 is 30.9 Å². The van der Waals surface area contributed by atoms with Gasteiger partial charge in [0.05, 0.1) is 12.0 Å². The van der Waals surface area contributed by atoms with E-state index in [1.54, 1.807) is 13.0 Å². The Kier molecular flexibility index (Phi) is 6.69. The van der Waals surface area contributed by atoms with E-state index in [1.165, 1.54) is 6.42 Å². The molecular weight excluding hydrogens is 364 g/mol. The number of anilines is 3. The molecule has 12 heteroatoms. The molecule has 3 rings (SSSR count). The van der Waals surface area contributed by atoms with Crippen LogP contribution in [0.5, 0.6) is 0 Å². The number of hydrogen-bond donors (Lipinski definition) is 4. The van der Waals surface area contributed by atoms with Crippen LogP contribution in [0.4, 0.5) is 17.6 Å². The fraction of sp³-hybridized carbons (Fsp3) is 0.571. The van der Waals surface area contributed by atoms with Gasteiger partial charge in [-0.1, -0.05) is 4.98 Å². The number of aromatic nitrogens is 2. The number of nitrogen functional groups attached to an aromatic ring is 2. The van der Waals surface area contributed by atoms with Gasteiger partial charge in [-0.05, 0) is 42.9 Å². The van der Waals surface area contributed by atoms with E-state index in [0.29, 0.717) is 4.73 Å². The predicted octanol–water partition coefficient (Wildman–Crippen LogP) is -1.99. The Bertz CT molecular complexity index is 646. The van der Waals surface area contributed by atoms with Crippen LogP contribution in [0.2, 0.25) is 0 Å². The number of nitrogens with zero attached hydrogens (tertiary/aromatic N) is 3. The van der Waals surface area contributed by atoms with Gasteiger partial charge in [0.25, 0.3) is 0 Å². The minimum atomic E-state index is -1.46. The smallest absolute Gasteiger partial charge is 0.383 e. The zero-order valence-electron chi connectivity index (χ0n) is 14.3. The van der Waals surface area contributed by atoms with Crippen molar-refractivity contribution in [2.45, 2.75) is 37.7 Å². The number of carboxylic acid groups (broad SMARTS) is 1. The molecule has 2 fully saturated rings. The summed E-state index contributed by atoms with van der Waals surface area (Å²) in [6.45, 7) is 3.59. The molecule has 144 valence electrons. The van der Waals surface area contributed by atoms with Gasteiger partial charge in [-0.15, -0.1) is 0 Å². The number of piperidine rings is 1. The topological polar surface area (TPSA) is 171 Å². The van der Waals surface area contributed by atoms with Gasteiger partial charge < -0.3 is 36.2 Å². The number of esters is 1. The molecule has 3 heterocycles.